The minimum atomic E-state index is -0.804. The van der Waals surface area contributed by atoms with Crippen molar-refractivity contribution in [2.24, 2.45) is 0 Å². The average Bonchev–Trinajstić information content (AvgIpc) is 2.72. The number of benzene rings is 2. The molecule has 0 spiro atoms. The number of hydrogen-bond acceptors (Lipinski definition) is 6. The van der Waals surface area contributed by atoms with E-state index in [-0.39, 0.29) is 0 Å². The first-order valence-corrected chi connectivity index (χ1v) is 10.8. The van der Waals surface area contributed by atoms with Crippen molar-refractivity contribution in [2.45, 2.75) is 51.5 Å². The van der Waals surface area contributed by atoms with Crippen molar-refractivity contribution in [1.29, 1.82) is 0 Å². The normalized spacial score (nSPS) is 13.2. The second-order valence-corrected chi connectivity index (χ2v) is 9.07. The lowest BCUT2D eigenvalue weighted by atomic mass is 10.0. The van der Waals surface area contributed by atoms with Crippen molar-refractivity contribution >= 4 is 11.8 Å². The molecule has 176 valence electrons. The quantitative estimate of drug-likeness (QED) is 0.522. The summed E-state index contributed by atoms with van der Waals surface area (Å²) in [6.45, 7) is 6.30. The summed E-state index contributed by atoms with van der Waals surface area (Å²) < 4.78 is 10.8. The lowest BCUT2D eigenvalue weighted by molar-refractivity contribution is 0.0422. The molecule has 3 N–H and O–H groups in total. The summed E-state index contributed by atoms with van der Waals surface area (Å²) in [7, 11) is 5.60. The number of carbonyl (C=O) groups is 1. The Morgan fingerprint density at radius 2 is 1.78 bits per heavy atom. The molecule has 2 aromatic rings. The van der Waals surface area contributed by atoms with Gasteiger partial charge in [0.05, 0.1) is 19.3 Å². The van der Waals surface area contributed by atoms with Gasteiger partial charge in [0, 0.05) is 38.9 Å². The van der Waals surface area contributed by atoms with E-state index in [2.05, 4.69) is 16.7 Å². The lowest BCUT2D eigenvalue weighted by Gasteiger charge is -2.27. The molecule has 7 nitrogen and oxygen atoms in total. The number of hydrogen-bond donors (Lipinski definition) is 3. The minimum Gasteiger partial charge on any atom is -0.497 e. The molecule has 0 fully saturated rings. The highest BCUT2D eigenvalue weighted by Crippen LogP contribution is 2.22. The van der Waals surface area contributed by atoms with Gasteiger partial charge in [0.1, 0.15) is 11.4 Å². The maximum atomic E-state index is 12.3. The highest BCUT2D eigenvalue weighted by atomic mass is 16.6. The molecule has 0 aliphatic rings. The zero-order valence-electron chi connectivity index (χ0n) is 20.0. The van der Waals surface area contributed by atoms with E-state index in [0.29, 0.717) is 19.5 Å². The number of ether oxygens (including phenoxy) is 2. The van der Waals surface area contributed by atoms with Crippen LogP contribution in [-0.2, 0) is 17.7 Å². The fraction of sp³-hybridized carbons (Fsp3) is 0.480. The second kappa shape index (κ2) is 11.7. The number of nitrogens with one attached hydrogen (secondary N) is 2. The Bertz CT molecular complexity index is 850. The topological polar surface area (TPSA) is 83.1 Å². The van der Waals surface area contributed by atoms with Crippen molar-refractivity contribution in [2.75, 3.05) is 32.6 Å². The van der Waals surface area contributed by atoms with E-state index in [1.54, 1.807) is 7.11 Å². The minimum absolute atomic E-state index is 0.307. The van der Waals surface area contributed by atoms with Crippen molar-refractivity contribution in [1.82, 2.24) is 10.6 Å². The first kappa shape index (κ1) is 25.5. The number of amides is 1. The Morgan fingerprint density at radius 3 is 2.38 bits per heavy atom. The number of aliphatic hydroxyl groups excluding tert-OH is 1. The van der Waals surface area contributed by atoms with Crippen LogP contribution in [0, 0.1) is 0 Å². The van der Waals surface area contributed by atoms with Crippen LogP contribution in [0.5, 0.6) is 5.75 Å². The molecule has 2 rings (SSSR count). The molecule has 0 aliphatic heterocycles. The number of anilines is 1. The Hall–Kier alpha value is -2.77. The standard InChI is InChI=1S/C25H37N3O4/c1-25(2,3)32-24(30)27-22(14-18-10-8-7-9-11-18)23(29)17-26-16-19-12-20(28(4)5)15-21(13-19)31-6/h7-13,15,22-23,26,29H,14,16-17H2,1-6H3,(H,27,30). The lowest BCUT2D eigenvalue weighted by Crippen LogP contribution is -2.49. The molecule has 2 atom stereocenters. The van der Waals surface area contributed by atoms with E-state index < -0.39 is 23.8 Å². The van der Waals surface area contributed by atoms with Crippen LogP contribution >= 0.6 is 0 Å². The monoisotopic (exact) mass is 443 g/mol. The third-order valence-corrected chi connectivity index (χ3v) is 4.85. The van der Waals surface area contributed by atoms with E-state index in [1.807, 2.05) is 82.2 Å². The van der Waals surface area contributed by atoms with Gasteiger partial charge in [0.15, 0.2) is 0 Å². The van der Waals surface area contributed by atoms with Crippen molar-refractivity contribution in [3.8, 4) is 5.75 Å². The van der Waals surface area contributed by atoms with E-state index in [4.69, 9.17) is 9.47 Å². The average molecular weight is 444 g/mol. The van der Waals surface area contributed by atoms with E-state index >= 15 is 0 Å². The van der Waals surface area contributed by atoms with Crippen LogP contribution < -0.4 is 20.3 Å². The van der Waals surface area contributed by atoms with Gasteiger partial charge in [-0.25, -0.2) is 4.79 Å². The van der Waals surface area contributed by atoms with Gasteiger partial charge < -0.3 is 30.1 Å². The third-order valence-electron chi connectivity index (χ3n) is 4.85. The summed E-state index contributed by atoms with van der Waals surface area (Å²) in [6, 6.07) is 15.3. The summed E-state index contributed by atoms with van der Waals surface area (Å²) in [4.78, 5) is 14.4. The first-order chi connectivity index (χ1) is 15.1. The largest absolute Gasteiger partial charge is 0.497 e. The number of carbonyl (C=O) groups excluding carboxylic acids is 1. The number of aliphatic hydroxyl groups is 1. The van der Waals surface area contributed by atoms with Gasteiger partial charge >= 0.3 is 6.09 Å². The number of rotatable bonds is 10. The summed E-state index contributed by atoms with van der Waals surface area (Å²) in [5, 5.41) is 17.0. The van der Waals surface area contributed by atoms with Gasteiger partial charge in [0.2, 0.25) is 0 Å². The molecule has 2 unspecified atom stereocenters. The first-order valence-electron chi connectivity index (χ1n) is 10.8. The number of methoxy groups -OCH3 is 1. The molecule has 2 aromatic carbocycles. The molecule has 0 saturated carbocycles. The summed E-state index contributed by atoms with van der Waals surface area (Å²) in [5.74, 6) is 0.780. The SMILES string of the molecule is COc1cc(CNCC(O)C(Cc2ccccc2)NC(=O)OC(C)(C)C)cc(N(C)C)c1. The fourth-order valence-electron chi connectivity index (χ4n) is 3.24. The van der Waals surface area contributed by atoms with Crippen molar-refractivity contribution < 1.29 is 19.4 Å². The summed E-state index contributed by atoms with van der Waals surface area (Å²) in [6.07, 6.45) is -0.852. The van der Waals surface area contributed by atoms with Crippen LogP contribution in [0.25, 0.3) is 0 Å². The van der Waals surface area contributed by atoms with Crippen LogP contribution in [0.1, 0.15) is 31.9 Å². The predicted octanol–water partition coefficient (Wildman–Crippen LogP) is 3.35. The van der Waals surface area contributed by atoms with E-state index in [0.717, 1.165) is 22.6 Å². The highest BCUT2D eigenvalue weighted by Gasteiger charge is 2.25. The molecule has 0 bridgehead atoms. The van der Waals surface area contributed by atoms with Crippen molar-refractivity contribution in [3.05, 3.63) is 59.7 Å². The van der Waals surface area contributed by atoms with Gasteiger partial charge in [-0.15, -0.1) is 0 Å². The van der Waals surface area contributed by atoms with Gasteiger partial charge in [-0.1, -0.05) is 30.3 Å². The number of alkyl carbamates (subject to hydrolysis) is 1. The molecule has 0 aromatic heterocycles. The van der Waals surface area contributed by atoms with Crippen molar-refractivity contribution in [3.63, 3.8) is 0 Å². The highest BCUT2D eigenvalue weighted by molar-refractivity contribution is 5.68. The van der Waals surface area contributed by atoms with Crippen LogP contribution in [0.4, 0.5) is 10.5 Å². The van der Waals surface area contributed by atoms with Gasteiger partial charge in [0.25, 0.3) is 0 Å². The zero-order valence-corrected chi connectivity index (χ0v) is 20.0. The Kier molecular flexibility index (Phi) is 9.35. The predicted molar refractivity (Wildman–Crippen MR) is 128 cm³/mol. The smallest absolute Gasteiger partial charge is 0.407 e. The molecule has 1 amide bonds. The van der Waals surface area contributed by atoms with E-state index in [1.165, 1.54) is 0 Å². The maximum Gasteiger partial charge on any atom is 0.407 e. The zero-order chi connectivity index (χ0) is 23.7. The van der Waals surface area contributed by atoms with Gasteiger partial charge in [-0.2, -0.15) is 0 Å². The van der Waals surface area contributed by atoms with Crippen LogP contribution in [0.3, 0.4) is 0 Å². The summed E-state index contributed by atoms with van der Waals surface area (Å²) in [5.41, 5.74) is 2.49. The van der Waals surface area contributed by atoms with Crippen LogP contribution in [0.2, 0.25) is 0 Å². The molecule has 0 saturated heterocycles. The van der Waals surface area contributed by atoms with Gasteiger partial charge in [-0.3, -0.25) is 0 Å². The second-order valence-electron chi connectivity index (χ2n) is 9.07. The molecule has 0 radical (unpaired) electrons. The fourth-order valence-corrected chi connectivity index (χ4v) is 3.24. The molecular formula is C25H37N3O4. The Morgan fingerprint density at radius 1 is 1.09 bits per heavy atom. The Labute approximate surface area is 191 Å². The summed E-state index contributed by atoms with van der Waals surface area (Å²) >= 11 is 0. The molecule has 32 heavy (non-hydrogen) atoms. The third kappa shape index (κ3) is 8.77. The molecular weight excluding hydrogens is 406 g/mol. The van der Waals surface area contributed by atoms with Gasteiger partial charge in [-0.05, 0) is 50.5 Å². The number of nitrogens with zero attached hydrogens (tertiary/aromatic N) is 1. The Balaban J connectivity index is 2.03. The molecule has 7 heteroatoms. The molecule has 0 aliphatic carbocycles. The van der Waals surface area contributed by atoms with Crippen LogP contribution in [-0.4, -0.2) is 56.7 Å². The maximum absolute atomic E-state index is 12.3. The molecule has 0 heterocycles. The van der Waals surface area contributed by atoms with Crippen LogP contribution in [0.15, 0.2) is 48.5 Å². The van der Waals surface area contributed by atoms with E-state index in [9.17, 15) is 9.90 Å².